The van der Waals surface area contributed by atoms with Gasteiger partial charge in [0.1, 0.15) is 17.9 Å². The number of likely N-dealkylation sites (N-methyl/N-ethyl adjacent to an activating group) is 1. The van der Waals surface area contributed by atoms with Crippen LogP contribution in [0.2, 0.25) is 0 Å². The highest BCUT2D eigenvalue weighted by Crippen LogP contribution is 2.26. The molecular formula is C18H19N5O. The van der Waals surface area contributed by atoms with Gasteiger partial charge in [0.2, 0.25) is 5.91 Å². The van der Waals surface area contributed by atoms with Crippen LogP contribution < -0.4 is 5.32 Å². The third-order valence-electron chi connectivity index (χ3n) is 4.06. The molecule has 3 rings (SSSR count). The number of fused-ring (bicyclic) bond motifs is 3. The van der Waals surface area contributed by atoms with E-state index >= 15 is 0 Å². The molecule has 0 spiro atoms. The molecule has 0 unspecified atom stereocenters. The van der Waals surface area contributed by atoms with E-state index in [1.807, 2.05) is 48.6 Å². The van der Waals surface area contributed by atoms with Crippen LogP contribution in [0.25, 0.3) is 16.7 Å². The van der Waals surface area contributed by atoms with Gasteiger partial charge < -0.3 is 10.2 Å². The number of imidazole rings is 1. The topological polar surface area (TPSA) is 73.4 Å². The predicted molar refractivity (Wildman–Crippen MR) is 93.9 cm³/mol. The maximum absolute atomic E-state index is 12.2. The van der Waals surface area contributed by atoms with Crippen LogP contribution >= 0.6 is 0 Å². The Hall–Kier alpha value is -3.07. The number of para-hydroxylation sites is 2. The number of rotatable bonds is 3. The van der Waals surface area contributed by atoms with Gasteiger partial charge in [-0.3, -0.25) is 9.20 Å². The van der Waals surface area contributed by atoms with E-state index in [0.717, 1.165) is 22.4 Å². The van der Waals surface area contributed by atoms with Gasteiger partial charge in [0.05, 0.1) is 16.6 Å². The van der Waals surface area contributed by atoms with Crippen molar-refractivity contribution in [2.24, 2.45) is 0 Å². The van der Waals surface area contributed by atoms with Crippen LogP contribution in [0.1, 0.15) is 18.1 Å². The van der Waals surface area contributed by atoms with Gasteiger partial charge in [0.15, 0.2) is 5.65 Å². The number of benzene rings is 1. The van der Waals surface area contributed by atoms with Crippen LogP contribution in [-0.4, -0.2) is 40.3 Å². The number of nitriles is 1. The number of nitrogens with one attached hydrogen (secondary N) is 1. The molecule has 0 radical (unpaired) electrons. The van der Waals surface area contributed by atoms with E-state index in [9.17, 15) is 10.1 Å². The lowest BCUT2D eigenvalue weighted by Gasteiger charge is -2.20. The standard InChI is InChI=1S/C18H19N5O/c1-11-9-16(20-12(2)18(24)22(3)4)23-15-8-6-5-7-14(15)21-17(23)13(11)10-19/h5-9,12,20H,1-4H3/t12-/m0/s1. The molecule has 122 valence electrons. The van der Waals surface area contributed by atoms with E-state index in [2.05, 4.69) is 16.4 Å². The summed E-state index contributed by atoms with van der Waals surface area (Å²) in [5.74, 6) is 0.729. The normalized spacial score (nSPS) is 12.1. The molecule has 6 heteroatoms. The van der Waals surface area contributed by atoms with Crippen molar-refractivity contribution in [1.29, 1.82) is 5.26 Å². The van der Waals surface area contributed by atoms with Crippen molar-refractivity contribution in [2.45, 2.75) is 19.9 Å². The fourth-order valence-corrected chi connectivity index (χ4v) is 2.87. The first-order valence-corrected chi connectivity index (χ1v) is 7.72. The molecule has 0 bridgehead atoms. The number of hydrogen-bond donors (Lipinski definition) is 1. The molecule has 2 heterocycles. The maximum Gasteiger partial charge on any atom is 0.244 e. The van der Waals surface area contributed by atoms with Crippen LogP contribution in [0.3, 0.4) is 0 Å². The second-order valence-electron chi connectivity index (χ2n) is 6.06. The SMILES string of the molecule is Cc1cc(N[C@@H](C)C(=O)N(C)C)n2c(nc3ccccc32)c1C#N. The summed E-state index contributed by atoms with van der Waals surface area (Å²) in [7, 11) is 3.46. The van der Waals surface area contributed by atoms with Crippen molar-refractivity contribution < 1.29 is 4.79 Å². The van der Waals surface area contributed by atoms with Crippen molar-refractivity contribution in [1.82, 2.24) is 14.3 Å². The molecule has 6 nitrogen and oxygen atoms in total. The van der Waals surface area contributed by atoms with Gasteiger partial charge in [-0.2, -0.15) is 5.26 Å². The van der Waals surface area contributed by atoms with Gasteiger partial charge in [0, 0.05) is 14.1 Å². The van der Waals surface area contributed by atoms with Crippen LogP contribution in [0.15, 0.2) is 30.3 Å². The average Bonchev–Trinajstić information content (AvgIpc) is 2.93. The Morgan fingerprint density at radius 2 is 2.08 bits per heavy atom. The molecule has 0 fully saturated rings. The largest absolute Gasteiger partial charge is 0.360 e. The fraction of sp³-hybridized carbons (Fsp3) is 0.278. The molecule has 0 saturated heterocycles. The maximum atomic E-state index is 12.2. The Labute approximate surface area is 140 Å². The highest BCUT2D eigenvalue weighted by molar-refractivity contribution is 5.87. The molecule has 1 N–H and O–H groups in total. The molecule has 0 aliphatic rings. The average molecular weight is 321 g/mol. The number of nitrogens with zero attached hydrogens (tertiary/aromatic N) is 4. The minimum Gasteiger partial charge on any atom is -0.360 e. The van der Waals surface area contributed by atoms with E-state index in [4.69, 9.17) is 0 Å². The minimum atomic E-state index is -0.392. The number of amides is 1. The Morgan fingerprint density at radius 1 is 1.38 bits per heavy atom. The fourth-order valence-electron chi connectivity index (χ4n) is 2.87. The summed E-state index contributed by atoms with van der Waals surface area (Å²) in [6.07, 6.45) is 0. The highest BCUT2D eigenvalue weighted by Gasteiger charge is 2.19. The quantitative estimate of drug-likeness (QED) is 0.804. The molecule has 2 aromatic heterocycles. The first kappa shape index (κ1) is 15.8. The van der Waals surface area contributed by atoms with E-state index in [0.29, 0.717) is 11.2 Å². The molecule has 1 atom stereocenters. The van der Waals surface area contributed by atoms with Gasteiger partial charge in [-0.1, -0.05) is 12.1 Å². The monoisotopic (exact) mass is 321 g/mol. The molecule has 24 heavy (non-hydrogen) atoms. The number of aromatic nitrogens is 2. The van der Waals surface area contributed by atoms with Crippen LogP contribution in [-0.2, 0) is 4.79 Å². The second kappa shape index (κ2) is 5.85. The third kappa shape index (κ3) is 2.44. The molecule has 0 aliphatic carbocycles. The predicted octanol–water partition coefficient (Wildman–Crippen LogP) is 2.56. The molecular weight excluding hydrogens is 302 g/mol. The zero-order valence-corrected chi connectivity index (χ0v) is 14.2. The number of carbonyl (C=O) groups excluding carboxylic acids is 1. The van der Waals surface area contributed by atoms with Gasteiger partial charge in [0.25, 0.3) is 0 Å². The number of hydrogen-bond acceptors (Lipinski definition) is 4. The minimum absolute atomic E-state index is 0.0189. The van der Waals surface area contributed by atoms with Crippen molar-refractivity contribution in [3.05, 3.63) is 41.5 Å². The molecule has 1 amide bonds. The Balaban J connectivity index is 2.24. The lowest BCUT2D eigenvalue weighted by molar-refractivity contribution is -0.129. The number of pyridine rings is 1. The zero-order valence-electron chi connectivity index (χ0n) is 14.2. The van der Waals surface area contributed by atoms with Crippen molar-refractivity contribution in [3.63, 3.8) is 0 Å². The summed E-state index contributed by atoms with van der Waals surface area (Å²) in [6, 6.07) is 11.4. The van der Waals surface area contributed by atoms with E-state index in [-0.39, 0.29) is 5.91 Å². The summed E-state index contributed by atoms with van der Waals surface area (Å²) in [4.78, 5) is 18.3. The summed E-state index contributed by atoms with van der Waals surface area (Å²) in [5.41, 5.74) is 3.69. The second-order valence-corrected chi connectivity index (χ2v) is 6.06. The zero-order chi connectivity index (χ0) is 17.4. The first-order valence-electron chi connectivity index (χ1n) is 7.72. The Kier molecular flexibility index (Phi) is 3.86. The van der Waals surface area contributed by atoms with Crippen LogP contribution in [0.5, 0.6) is 0 Å². The van der Waals surface area contributed by atoms with Gasteiger partial charge in [-0.25, -0.2) is 4.98 Å². The van der Waals surface area contributed by atoms with Crippen LogP contribution in [0, 0.1) is 18.3 Å². The van der Waals surface area contributed by atoms with Gasteiger partial charge in [-0.15, -0.1) is 0 Å². The Bertz CT molecular complexity index is 980. The van der Waals surface area contributed by atoms with Gasteiger partial charge in [-0.05, 0) is 37.6 Å². The Morgan fingerprint density at radius 3 is 2.75 bits per heavy atom. The van der Waals surface area contributed by atoms with Gasteiger partial charge >= 0.3 is 0 Å². The summed E-state index contributed by atoms with van der Waals surface area (Å²) < 4.78 is 1.90. The third-order valence-corrected chi connectivity index (χ3v) is 4.06. The number of carbonyl (C=O) groups is 1. The van der Waals surface area contributed by atoms with Crippen molar-refractivity contribution in [2.75, 3.05) is 19.4 Å². The van der Waals surface area contributed by atoms with Crippen LogP contribution in [0.4, 0.5) is 5.82 Å². The summed E-state index contributed by atoms with van der Waals surface area (Å²) >= 11 is 0. The van der Waals surface area contributed by atoms with Crippen molar-refractivity contribution >= 4 is 28.4 Å². The lowest BCUT2D eigenvalue weighted by atomic mass is 10.1. The van der Waals surface area contributed by atoms with E-state index in [1.165, 1.54) is 0 Å². The molecule has 1 aromatic carbocycles. The lowest BCUT2D eigenvalue weighted by Crippen LogP contribution is -2.37. The molecule has 0 saturated carbocycles. The number of aryl methyl sites for hydroxylation is 1. The molecule has 3 aromatic rings. The van der Waals surface area contributed by atoms with E-state index in [1.54, 1.807) is 19.0 Å². The number of anilines is 1. The summed E-state index contributed by atoms with van der Waals surface area (Å²) in [5, 5.41) is 12.7. The first-order chi connectivity index (χ1) is 11.4. The highest BCUT2D eigenvalue weighted by atomic mass is 16.2. The summed E-state index contributed by atoms with van der Waals surface area (Å²) in [6.45, 7) is 3.70. The smallest absolute Gasteiger partial charge is 0.244 e. The molecule has 0 aliphatic heterocycles. The van der Waals surface area contributed by atoms with Crippen molar-refractivity contribution in [3.8, 4) is 6.07 Å². The van der Waals surface area contributed by atoms with E-state index < -0.39 is 6.04 Å².